The van der Waals surface area contributed by atoms with Crippen molar-refractivity contribution in [2.45, 2.75) is 64.0 Å². The second-order valence-corrected chi connectivity index (χ2v) is 5.84. The number of allylic oxidation sites excluding steroid dienone is 1. The normalized spacial score (nSPS) is 36.8. The predicted octanol–water partition coefficient (Wildman–Crippen LogP) is 2.77. The molecule has 0 aliphatic carbocycles. The zero-order valence-electron chi connectivity index (χ0n) is 10.5. The number of carboxylic acids is 1. The van der Waals surface area contributed by atoms with Crippen molar-refractivity contribution in [2.75, 3.05) is 0 Å². The van der Waals surface area contributed by atoms with Crippen LogP contribution in [-0.4, -0.2) is 28.1 Å². The van der Waals surface area contributed by atoms with E-state index in [0.29, 0.717) is 17.7 Å². The molecule has 17 heavy (non-hydrogen) atoms. The molecule has 0 saturated carbocycles. The van der Waals surface area contributed by atoms with Gasteiger partial charge in [-0.2, -0.15) is 0 Å². The van der Waals surface area contributed by atoms with Gasteiger partial charge in [-0.3, -0.25) is 0 Å². The van der Waals surface area contributed by atoms with Crippen molar-refractivity contribution in [2.24, 2.45) is 5.92 Å². The van der Waals surface area contributed by atoms with Gasteiger partial charge in [0.2, 0.25) is 0 Å². The summed E-state index contributed by atoms with van der Waals surface area (Å²) in [5.74, 6) is -0.447. The minimum atomic E-state index is -0.683. The van der Waals surface area contributed by atoms with Gasteiger partial charge in [-0.05, 0) is 50.9 Å². The van der Waals surface area contributed by atoms with Crippen LogP contribution in [0.1, 0.15) is 51.9 Å². The standard InChI is InChI=1S/C14H21NO2/c1-9-8-11-6-2-4-10-5-3-7-12(15(10)11)13(9)14(16)17/h9-11H,2-8H2,1H3,(H,16,17)/t9-,10+,11+/m1/s1. The van der Waals surface area contributed by atoms with E-state index in [0.717, 1.165) is 12.8 Å². The van der Waals surface area contributed by atoms with Crippen LogP contribution in [0.5, 0.6) is 0 Å². The fourth-order valence-electron chi connectivity index (χ4n) is 4.17. The van der Waals surface area contributed by atoms with Gasteiger partial charge >= 0.3 is 5.97 Å². The molecule has 3 heterocycles. The molecule has 3 atom stereocenters. The first-order chi connectivity index (χ1) is 8.18. The number of hydrogen-bond acceptors (Lipinski definition) is 2. The van der Waals surface area contributed by atoms with Gasteiger partial charge in [0.15, 0.2) is 0 Å². The molecule has 3 aliphatic rings. The van der Waals surface area contributed by atoms with E-state index < -0.39 is 5.97 Å². The summed E-state index contributed by atoms with van der Waals surface area (Å²) in [6.07, 6.45) is 8.32. The zero-order chi connectivity index (χ0) is 12.0. The number of carboxylic acid groups (broad SMARTS) is 1. The highest BCUT2D eigenvalue weighted by Crippen LogP contribution is 2.44. The van der Waals surface area contributed by atoms with Crippen LogP contribution in [0.25, 0.3) is 0 Å². The second kappa shape index (κ2) is 4.04. The molecule has 3 rings (SSSR count). The van der Waals surface area contributed by atoms with Crippen LogP contribution in [-0.2, 0) is 4.79 Å². The number of carbonyl (C=O) groups is 1. The van der Waals surface area contributed by atoms with Gasteiger partial charge in [0.05, 0.1) is 5.57 Å². The lowest BCUT2D eigenvalue weighted by molar-refractivity contribution is -0.134. The minimum absolute atomic E-state index is 0.237. The Hall–Kier alpha value is -0.990. The maximum absolute atomic E-state index is 11.5. The number of nitrogens with zero attached hydrogens (tertiary/aromatic N) is 1. The van der Waals surface area contributed by atoms with Crippen LogP contribution in [0.3, 0.4) is 0 Å². The SMILES string of the molecule is C[C@@H]1C[C@@H]2CCC[C@H]3CCCC(=C1C(=O)O)N32. The van der Waals surface area contributed by atoms with Crippen molar-refractivity contribution in [1.29, 1.82) is 0 Å². The summed E-state index contributed by atoms with van der Waals surface area (Å²) < 4.78 is 0. The third-order valence-electron chi connectivity index (χ3n) is 4.78. The predicted molar refractivity (Wildman–Crippen MR) is 65.6 cm³/mol. The molecular formula is C14H21NO2. The van der Waals surface area contributed by atoms with Gasteiger partial charge in [0, 0.05) is 17.8 Å². The summed E-state index contributed by atoms with van der Waals surface area (Å²) in [4.78, 5) is 14.0. The molecule has 1 N–H and O–H groups in total. The summed E-state index contributed by atoms with van der Waals surface area (Å²) in [5.41, 5.74) is 1.89. The fraction of sp³-hybridized carbons (Fsp3) is 0.786. The van der Waals surface area contributed by atoms with Crippen molar-refractivity contribution < 1.29 is 9.90 Å². The molecule has 2 saturated heterocycles. The molecule has 0 bridgehead atoms. The van der Waals surface area contributed by atoms with Gasteiger partial charge in [0.25, 0.3) is 0 Å². The van der Waals surface area contributed by atoms with E-state index in [9.17, 15) is 9.90 Å². The maximum Gasteiger partial charge on any atom is 0.333 e. The van der Waals surface area contributed by atoms with Crippen LogP contribution in [0.2, 0.25) is 0 Å². The average Bonchev–Trinajstić information content (AvgIpc) is 2.28. The summed E-state index contributed by atoms with van der Waals surface area (Å²) in [5, 5.41) is 9.43. The Morgan fingerprint density at radius 1 is 1.24 bits per heavy atom. The molecule has 0 aromatic heterocycles. The first kappa shape index (κ1) is 11.1. The highest BCUT2D eigenvalue weighted by Gasteiger charge is 2.41. The molecule has 3 aliphatic heterocycles. The van der Waals surface area contributed by atoms with Crippen molar-refractivity contribution in [3.05, 3.63) is 11.3 Å². The van der Waals surface area contributed by atoms with Gasteiger partial charge in [-0.1, -0.05) is 6.92 Å². The van der Waals surface area contributed by atoms with E-state index in [1.54, 1.807) is 0 Å². The number of rotatable bonds is 1. The van der Waals surface area contributed by atoms with Crippen molar-refractivity contribution in [1.82, 2.24) is 4.90 Å². The third-order valence-corrected chi connectivity index (χ3v) is 4.78. The van der Waals surface area contributed by atoms with E-state index in [1.165, 1.54) is 37.8 Å². The van der Waals surface area contributed by atoms with Gasteiger partial charge < -0.3 is 10.0 Å². The molecule has 0 radical (unpaired) electrons. The summed E-state index contributed by atoms with van der Waals surface area (Å²) in [6, 6.07) is 1.27. The van der Waals surface area contributed by atoms with E-state index >= 15 is 0 Å². The molecule has 3 heteroatoms. The Morgan fingerprint density at radius 2 is 1.94 bits per heavy atom. The molecular weight excluding hydrogens is 214 g/mol. The van der Waals surface area contributed by atoms with Crippen LogP contribution in [0.15, 0.2) is 11.3 Å². The maximum atomic E-state index is 11.5. The molecule has 0 aromatic rings. The van der Waals surface area contributed by atoms with E-state index in [2.05, 4.69) is 11.8 Å². The van der Waals surface area contributed by atoms with Crippen LogP contribution < -0.4 is 0 Å². The minimum Gasteiger partial charge on any atom is -0.478 e. The summed E-state index contributed by atoms with van der Waals surface area (Å²) in [7, 11) is 0. The quantitative estimate of drug-likeness (QED) is 0.759. The van der Waals surface area contributed by atoms with E-state index in [1.807, 2.05) is 0 Å². The number of hydrogen-bond donors (Lipinski definition) is 1. The smallest absolute Gasteiger partial charge is 0.333 e. The Kier molecular flexibility index (Phi) is 2.64. The van der Waals surface area contributed by atoms with Crippen LogP contribution >= 0.6 is 0 Å². The largest absolute Gasteiger partial charge is 0.478 e. The fourth-order valence-corrected chi connectivity index (χ4v) is 4.17. The second-order valence-electron chi connectivity index (χ2n) is 5.84. The molecule has 94 valence electrons. The Morgan fingerprint density at radius 3 is 2.71 bits per heavy atom. The molecule has 2 fully saturated rings. The Balaban J connectivity index is 2.04. The number of aliphatic carboxylic acids is 1. The Bertz CT molecular complexity index is 372. The third kappa shape index (κ3) is 1.67. The first-order valence-electron chi connectivity index (χ1n) is 6.93. The lowest BCUT2D eigenvalue weighted by atomic mass is 9.77. The zero-order valence-corrected chi connectivity index (χ0v) is 10.5. The van der Waals surface area contributed by atoms with Crippen molar-refractivity contribution in [3.63, 3.8) is 0 Å². The lowest BCUT2D eigenvalue weighted by Gasteiger charge is -2.52. The Labute approximate surface area is 102 Å². The topological polar surface area (TPSA) is 40.5 Å². The molecule has 0 unspecified atom stereocenters. The molecule has 0 spiro atoms. The number of piperidine rings is 2. The lowest BCUT2D eigenvalue weighted by Crippen LogP contribution is -2.52. The van der Waals surface area contributed by atoms with Gasteiger partial charge in [0.1, 0.15) is 0 Å². The molecule has 0 amide bonds. The first-order valence-corrected chi connectivity index (χ1v) is 6.93. The van der Waals surface area contributed by atoms with Crippen molar-refractivity contribution >= 4 is 5.97 Å². The molecule has 3 nitrogen and oxygen atoms in total. The van der Waals surface area contributed by atoms with E-state index in [4.69, 9.17) is 0 Å². The monoisotopic (exact) mass is 235 g/mol. The van der Waals surface area contributed by atoms with E-state index in [-0.39, 0.29) is 5.92 Å². The summed E-state index contributed by atoms with van der Waals surface area (Å²) in [6.45, 7) is 2.09. The van der Waals surface area contributed by atoms with Gasteiger partial charge in [-0.25, -0.2) is 4.79 Å². The van der Waals surface area contributed by atoms with Gasteiger partial charge in [-0.15, -0.1) is 0 Å². The highest BCUT2D eigenvalue weighted by atomic mass is 16.4. The average molecular weight is 235 g/mol. The highest BCUT2D eigenvalue weighted by molar-refractivity contribution is 5.88. The van der Waals surface area contributed by atoms with Crippen LogP contribution in [0, 0.1) is 5.92 Å². The van der Waals surface area contributed by atoms with Crippen molar-refractivity contribution in [3.8, 4) is 0 Å². The molecule has 0 aromatic carbocycles. The summed E-state index contributed by atoms with van der Waals surface area (Å²) >= 11 is 0. The van der Waals surface area contributed by atoms with Crippen LogP contribution in [0.4, 0.5) is 0 Å².